The molecule has 4 saturated heterocycles. The summed E-state index contributed by atoms with van der Waals surface area (Å²) in [5.74, 6) is 1.62. The molecule has 0 saturated carbocycles. The number of carbonyl (C=O) groups is 4. The highest BCUT2D eigenvalue weighted by Crippen LogP contribution is 2.37. The quantitative estimate of drug-likeness (QED) is 0.610. The Morgan fingerprint density at radius 3 is 2.40 bits per heavy atom. The second kappa shape index (κ2) is 12.3. The molecule has 1 N–H and O–H groups in total. The molecule has 5 atom stereocenters. The zero-order valence-corrected chi connectivity index (χ0v) is 24.4. The van der Waals surface area contributed by atoms with Crippen LogP contribution in [0.4, 0.5) is 5.69 Å². The number of amides is 4. The van der Waals surface area contributed by atoms with Gasteiger partial charge in [0.25, 0.3) is 5.91 Å². The summed E-state index contributed by atoms with van der Waals surface area (Å²) in [6.07, 6.45) is 6.85. The summed E-state index contributed by atoms with van der Waals surface area (Å²) in [6, 6.07) is 7.65. The number of piperidine rings is 2. The first kappa shape index (κ1) is 28.6. The lowest BCUT2D eigenvalue weighted by Gasteiger charge is -2.51. The minimum atomic E-state index is 0.0196. The van der Waals surface area contributed by atoms with E-state index in [9.17, 15) is 19.2 Å². The van der Waals surface area contributed by atoms with E-state index in [2.05, 4.69) is 31.0 Å². The van der Waals surface area contributed by atoms with Gasteiger partial charge in [-0.3, -0.25) is 19.2 Å². The third kappa shape index (κ3) is 6.36. The molecule has 4 amide bonds. The number of likely N-dealkylation sites (tertiary alicyclic amines) is 1. The third-order valence-electron chi connectivity index (χ3n) is 9.62. The van der Waals surface area contributed by atoms with Gasteiger partial charge >= 0.3 is 0 Å². The van der Waals surface area contributed by atoms with Crippen LogP contribution in [0.1, 0.15) is 88.9 Å². The van der Waals surface area contributed by atoms with E-state index in [4.69, 9.17) is 0 Å². The van der Waals surface area contributed by atoms with Gasteiger partial charge < -0.3 is 20.0 Å². The zero-order valence-electron chi connectivity index (χ0n) is 24.4. The van der Waals surface area contributed by atoms with Gasteiger partial charge in [0.2, 0.25) is 17.7 Å². The summed E-state index contributed by atoms with van der Waals surface area (Å²) in [7, 11) is 0. The van der Waals surface area contributed by atoms with Crippen molar-refractivity contribution in [1.29, 1.82) is 0 Å². The zero-order chi connectivity index (χ0) is 28.4. The van der Waals surface area contributed by atoms with Gasteiger partial charge in [-0.05, 0) is 86.5 Å². The van der Waals surface area contributed by atoms with Gasteiger partial charge in [-0.1, -0.05) is 20.8 Å². The summed E-state index contributed by atoms with van der Waals surface area (Å²) < 4.78 is 0. The number of hydrogen-bond donors (Lipinski definition) is 1. The smallest absolute Gasteiger partial charge is 0.253 e. The SMILES string of the molecule is CC(C)[C@@H]1CC[C@@H](C)CC(=O)N2C[C@H]3C[C@@H](CN(C(=O)c4ccc(N5CCCC5=O)cc4)C3)[C@@H]2CCCC(=O)N1. The van der Waals surface area contributed by atoms with Crippen LogP contribution in [0.25, 0.3) is 0 Å². The molecule has 2 bridgehead atoms. The lowest BCUT2D eigenvalue weighted by Crippen LogP contribution is -2.60. The molecule has 4 heterocycles. The third-order valence-corrected chi connectivity index (χ3v) is 9.62. The Bertz CT molecular complexity index is 1100. The normalized spacial score (nSPS) is 30.4. The van der Waals surface area contributed by atoms with Crippen LogP contribution in [0, 0.1) is 23.7 Å². The van der Waals surface area contributed by atoms with Crippen LogP contribution < -0.4 is 10.2 Å². The van der Waals surface area contributed by atoms with E-state index in [1.165, 1.54) is 0 Å². The van der Waals surface area contributed by atoms with Crippen LogP contribution >= 0.6 is 0 Å². The maximum absolute atomic E-state index is 13.6. The highest BCUT2D eigenvalue weighted by Gasteiger charge is 2.43. The van der Waals surface area contributed by atoms with Gasteiger partial charge in [0.15, 0.2) is 0 Å². The van der Waals surface area contributed by atoms with Crippen molar-refractivity contribution in [3.05, 3.63) is 29.8 Å². The molecule has 1 aromatic carbocycles. The number of anilines is 1. The molecule has 0 spiro atoms. The molecule has 8 heteroatoms. The predicted molar refractivity (Wildman–Crippen MR) is 155 cm³/mol. The van der Waals surface area contributed by atoms with Crippen molar-refractivity contribution >= 4 is 29.3 Å². The van der Waals surface area contributed by atoms with Gasteiger partial charge in [0.1, 0.15) is 0 Å². The van der Waals surface area contributed by atoms with Crippen LogP contribution in [0.15, 0.2) is 24.3 Å². The Balaban J connectivity index is 1.28. The van der Waals surface area contributed by atoms with Crippen LogP contribution in [0.2, 0.25) is 0 Å². The van der Waals surface area contributed by atoms with Crippen LogP contribution in [0.3, 0.4) is 0 Å². The Kier molecular flexibility index (Phi) is 8.81. The Labute approximate surface area is 238 Å². The highest BCUT2D eigenvalue weighted by atomic mass is 16.2. The largest absolute Gasteiger partial charge is 0.353 e. The molecule has 4 fully saturated rings. The summed E-state index contributed by atoms with van der Waals surface area (Å²) in [6.45, 7) is 9.16. The number of fused-ring (bicyclic) bond motifs is 4. The molecule has 5 rings (SSSR count). The number of hydrogen-bond acceptors (Lipinski definition) is 4. The monoisotopic (exact) mass is 550 g/mol. The number of benzene rings is 1. The van der Waals surface area contributed by atoms with E-state index in [0.717, 1.165) is 50.8 Å². The summed E-state index contributed by atoms with van der Waals surface area (Å²) in [4.78, 5) is 58.0. The fourth-order valence-corrected chi connectivity index (χ4v) is 7.36. The molecular formula is C32H46N4O4. The van der Waals surface area contributed by atoms with Crippen molar-refractivity contribution in [1.82, 2.24) is 15.1 Å². The molecule has 4 aliphatic rings. The van der Waals surface area contributed by atoms with E-state index in [0.29, 0.717) is 50.4 Å². The topological polar surface area (TPSA) is 90.0 Å². The molecule has 40 heavy (non-hydrogen) atoms. The molecule has 0 unspecified atom stereocenters. The molecule has 1 aromatic rings. The van der Waals surface area contributed by atoms with Crippen molar-refractivity contribution in [2.75, 3.05) is 31.1 Å². The van der Waals surface area contributed by atoms with Crippen molar-refractivity contribution < 1.29 is 19.2 Å². The summed E-state index contributed by atoms with van der Waals surface area (Å²) in [5, 5.41) is 3.25. The number of nitrogens with zero attached hydrogens (tertiary/aromatic N) is 3. The summed E-state index contributed by atoms with van der Waals surface area (Å²) >= 11 is 0. The van der Waals surface area contributed by atoms with Gasteiger partial charge in [-0.15, -0.1) is 0 Å². The standard InChI is InChI=1S/C32H46N4O4/c1-21(2)27-14-9-22(3)16-31(39)36-19-23-17-25(28(36)6-4-7-29(37)33-27)20-34(18-23)32(40)24-10-12-26(13-11-24)35-15-5-8-30(35)38/h10-13,21-23,25,27-28H,4-9,14-20H2,1-3H3,(H,33,37)/t22-,23+,25+,27+,28+/m1/s1. The Morgan fingerprint density at radius 1 is 0.925 bits per heavy atom. The van der Waals surface area contributed by atoms with E-state index in [1.54, 1.807) is 4.90 Å². The molecule has 8 nitrogen and oxygen atoms in total. The Hall–Kier alpha value is -2.90. The number of carbonyl (C=O) groups excluding carboxylic acids is 4. The van der Waals surface area contributed by atoms with Crippen LogP contribution in [0.5, 0.6) is 0 Å². The maximum Gasteiger partial charge on any atom is 0.253 e. The second-order valence-corrected chi connectivity index (χ2v) is 13.1. The van der Waals surface area contributed by atoms with E-state index >= 15 is 0 Å². The predicted octanol–water partition coefficient (Wildman–Crippen LogP) is 4.23. The second-order valence-electron chi connectivity index (χ2n) is 13.1. The lowest BCUT2D eigenvalue weighted by atomic mass is 9.77. The van der Waals surface area contributed by atoms with Gasteiger partial charge in [0, 0.05) is 68.8 Å². The van der Waals surface area contributed by atoms with Crippen LogP contribution in [-0.4, -0.2) is 71.7 Å². The van der Waals surface area contributed by atoms with Crippen molar-refractivity contribution in [3.8, 4) is 0 Å². The molecule has 0 radical (unpaired) electrons. The van der Waals surface area contributed by atoms with E-state index < -0.39 is 0 Å². The Morgan fingerprint density at radius 2 is 1.70 bits per heavy atom. The first-order valence-electron chi connectivity index (χ1n) is 15.5. The highest BCUT2D eigenvalue weighted by molar-refractivity contribution is 5.97. The molecule has 218 valence electrons. The molecule has 0 aliphatic carbocycles. The van der Waals surface area contributed by atoms with Gasteiger partial charge in [-0.25, -0.2) is 0 Å². The maximum atomic E-state index is 13.6. The first-order valence-corrected chi connectivity index (χ1v) is 15.5. The van der Waals surface area contributed by atoms with Gasteiger partial charge in [0.05, 0.1) is 0 Å². The number of rotatable bonds is 3. The molecular weight excluding hydrogens is 504 g/mol. The van der Waals surface area contributed by atoms with Crippen molar-refractivity contribution in [2.45, 2.75) is 90.6 Å². The molecule has 0 aromatic heterocycles. The number of nitrogens with one attached hydrogen (secondary N) is 1. The minimum Gasteiger partial charge on any atom is -0.353 e. The lowest BCUT2D eigenvalue weighted by molar-refractivity contribution is -0.141. The average molecular weight is 551 g/mol. The van der Waals surface area contributed by atoms with E-state index in [1.807, 2.05) is 29.2 Å². The van der Waals surface area contributed by atoms with Crippen molar-refractivity contribution in [3.63, 3.8) is 0 Å². The summed E-state index contributed by atoms with van der Waals surface area (Å²) in [5.41, 5.74) is 1.49. The fraction of sp³-hybridized carbons (Fsp3) is 0.688. The fourth-order valence-electron chi connectivity index (χ4n) is 7.36. The van der Waals surface area contributed by atoms with Gasteiger partial charge in [-0.2, -0.15) is 0 Å². The molecule has 4 aliphatic heterocycles. The van der Waals surface area contributed by atoms with E-state index in [-0.39, 0.29) is 53.5 Å². The average Bonchev–Trinajstić information content (AvgIpc) is 3.36. The minimum absolute atomic E-state index is 0.0196. The van der Waals surface area contributed by atoms with Crippen LogP contribution in [-0.2, 0) is 14.4 Å². The van der Waals surface area contributed by atoms with Crippen molar-refractivity contribution in [2.24, 2.45) is 23.7 Å². The first-order chi connectivity index (χ1) is 19.2.